The summed E-state index contributed by atoms with van der Waals surface area (Å²) in [5.41, 5.74) is 5.22. The Morgan fingerprint density at radius 2 is 2.15 bits per heavy atom. The van der Waals surface area contributed by atoms with E-state index >= 15 is 0 Å². The predicted molar refractivity (Wildman–Crippen MR) is 70.1 cm³/mol. The number of benzene rings is 1. The van der Waals surface area contributed by atoms with Crippen LogP contribution in [0.15, 0.2) is 16.7 Å². The molecule has 2 aromatic rings. The average molecular weight is 299 g/mol. The molecular weight excluding hydrogens is 288 g/mol. The number of nitrogens with zero attached hydrogens (tertiary/aromatic N) is 2. The number of hydrogen-bond donors (Lipinski definition) is 1. The van der Waals surface area contributed by atoms with E-state index in [1.54, 1.807) is 11.8 Å². The van der Waals surface area contributed by atoms with Gasteiger partial charge in [0.1, 0.15) is 17.7 Å². The highest BCUT2D eigenvalue weighted by atomic mass is 32.2. The number of nitrogen functional groups attached to an aromatic ring is 1. The summed E-state index contributed by atoms with van der Waals surface area (Å²) in [5, 5.41) is 3.78. The van der Waals surface area contributed by atoms with Crippen LogP contribution < -0.4 is 5.73 Å². The minimum absolute atomic E-state index is 0.0221. The lowest BCUT2D eigenvalue weighted by Crippen LogP contribution is -2.16. The fraction of sp³-hybridized carbons (Fsp3) is 0.333. The molecule has 1 aromatic heterocycles. The van der Waals surface area contributed by atoms with Crippen molar-refractivity contribution in [3.05, 3.63) is 29.6 Å². The van der Waals surface area contributed by atoms with Gasteiger partial charge >= 0.3 is 0 Å². The van der Waals surface area contributed by atoms with E-state index in [1.807, 2.05) is 0 Å². The second-order valence-corrected chi connectivity index (χ2v) is 5.40. The van der Waals surface area contributed by atoms with Crippen molar-refractivity contribution in [1.82, 2.24) is 10.1 Å². The van der Waals surface area contributed by atoms with Crippen LogP contribution in [0.25, 0.3) is 11.5 Å². The summed E-state index contributed by atoms with van der Waals surface area (Å²) < 4.78 is 37.3. The standard InChI is InChI=1S/C12H11F2N3O2S/c13-7-4-8(14)9(15)3-6(7)12-16-11(17-19-12)10-5-20-2-1-18-10/h3-4,10H,1-2,5,15H2. The van der Waals surface area contributed by atoms with Crippen LogP contribution in [0.5, 0.6) is 0 Å². The van der Waals surface area contributed by atoms with Gasteiger partial charge < -0.3 is 15.0 Å². The third-order valence-electron chi connectivity index (χ3n) is 2.86. The summed E-state index contributed by atoms with van der Waals surface area (Å²) in [6.07, 6.45) is -0.271. The topological polar surface area (TPSA) is 74.2 Å². The van der Waals surface area contributed by atoms with E-state index in [0.717, 1.165) is 11.8 Å². The molecular formula is C12H11F2N3O2S. The molecule has 0 saturated carbocycles. The van der Waals surface area contributed by atoms with E-state index in [1.165, 1.54) is 0 Å². The van der Waals surface area contributed by atoms with Gasteiger partial charge in [-0.05, 0) is 6.07 Å². The first-order valence-electron chi connectivity index (χ1n) is 5.93. The fourth-order valence-corrected chi connectivity index (χ4v) is 2.68. The maximum absolute atomic E-state index is 13.7. The zero-order valence-corrected chi connectivity index (χ0v) is 11.1. The van der Waals surface area contributed by atoms with Crippen LogP contribution in [0.2, 0.25) is 0 Å². The molecule has 2 N–H and O–H groups in total. The van der Waals surface area contributed by atoms with Crippen molar-refractivity contribution in [3.8, 4) is 11.5 Å². The fourth-order valence-electron chi connectivity index (χ4n) is 1.84. The predicted octanol–water partition coefficient (Wildman–Crippen LogP) is 2.40. The van der Waals surface area contributed by atoms with Crippen LogP contribution in [-0.2, 0) is 4.74 Å². The van der Waals surface area contributed by atoms with Crippen molar-refractivity contribution >= 4 is 17.4 Å². The lowest BCUT2D eigenvalue weighted by molar-refractivity contribution is 0.0677. The summed E-state index contributed by atoms with van der Waals surface area (Å²) in [4.78, 5) is 4.10. The number of rotatable bonds is 2. The van der Waals surface area contributed by atoms with Crippen LogP contribution in [0.3, 0.4) is 0 Å². The zero-order chi connectivity index (χ0) is 14.1. The molecule has 2 heterocycles. The lowest BCUT2D eigenvalue weighted by Gasteiger charge is -2.18. The van der Waals surface area contributed by atoms with Crippen molar-refractivity contribution in [2.24, 2.45) is 0 Å². The summed E-state index contributed by atoms with van der Waals surface area (Å²) in [5.74, 6) is 0.332. The normalized spacial score (nSPS) is 19.2. The summed E-state index contributed by atoms with van der Waals surface area (Å²) in [6.45, 7) is 0.608. The minimum Gasteiger partial charge on any atom is -0.396 e. The third-order valence-corrected chi connectivity index (χ3v) is 3.86. The lowest BCUT2D eigenvalue weighted by atomic mass is 10.2. The second-order valence-electron chi connectivity index (χ2n) is 4.25. The Morgan fingerprint density at radius 1 is 1.30 bits per heavy atom. The molecule has 1 saturated heterocycles. The van der Waals surface area contributed by atoms with Gasteiger partial charge in [0, 0.05) is 17.6 Å². The highest BCUT2D eigenvalue weighted by Crippen LogP contribution is 2.29. The van der Waals surface area contributed by atoms with Gasteiger partial charge in [-0.3, -0.25) is 0 Å². The molecule has 0 aliphatic carbocycles. The molecule has 1 aliphatic heterocycles. The number of ether oxygens (including phenoxy) is 1. The highest BCUT2D eigenvalue weighted by Gasteiger charge is 2.23. The Balaban J connectivity index is 1.91. The van der Waals surface area contributed by atoms with Gasteiger partial charge in [-0.2, -0.15) is 16.7 Å². The molecule has 1 aliphatic rings. The summed E-state index contributed by atoms with van der Waals surface area (Å²) >= 11 is 1.72. The van der Waals surface area contributed by atoms with Gasteiger partial charge in [0.2, 0.25) is 5.82 Å². The quantitative estimate of drug-likeness (QED) is 0.858. The molecule has 1 atom stereocenters. The molecule has 1 aromatic carbocycles. The summed E-state index contributed by atoms with van der Waals surface area (Å²) in [7, 11) is 0. The minimum atomic E-state index is -0.821. The number of aromatic nitrogens is 2. The van der Waals surface area contributed by atoms with Crippen molar-refractivity contribution in [3.63, 3.8) is 0 Å². The molecule has 20 heavy (non-hydrogen) atoms. The maximum atomic E-state index is 13.7. The van der Waals surface area contributed by atoms with Crippen molar-refractivity contribution < 1.29 is 18.0 Å². The Kier molecular flexibility index (Phi) is 3.58. The maximum Gasteiger partial charge on any atom is 0.261 e. The first-order chi connectivity index (χ1) is 9.65. The Bertz CT molecular complexity index is 629. The van der Waals surface area contributed by atoms with E-state index in [0.29, 0.717) is 24.3 Å². The number of halogens is 2. The van der Waals surface area contributed by atoms with E-state index in [4.69, 9.17) is 15.0 Å². The molecule has 0 bridgehead atoms. The molecule has 8 heteroatoms. The highest BCUT2D eigenvalue weighted by molar-refractivity contribution is 7.99. The second kappa shape index (κ2) is 5.37. The smallest absolute Gasteiger partial charge is 0.261 e. The summed E-state index contributed by atoms with van der Waals surface area (Å²) in [6, 6.07) is 1.83. The van der Waals surface area contributed by atoms with E-state index < -0.39 is 11.6 Å². The van der Waals surface area contributed by atoms with Crippen LogP contribution in [-0.4, -0.2) is 28.3 Å². The van der Waals surface area contributed by atoms with Crippen molar-refractivity contribution in [1.29, 1.82) is 0 Å². The van der Waals surface area contributed by atoms with Gasteiger partial charge in [0.15, 0.2) is 0 Å². The van der Waals surface area contributed by atoms with Crippen LogP contribution in [0.4, 0.5) is 14.5 Å². The molecule has 1 unspecified atom stereocenters. The Morgan fingerprint density at radius 3 is 2.90 bits per heavy atom. The Hall–Kier alpha value is -1.67. The zero-order valence-electron chi connectivity index (χ0n) is 10.3. The van der Waals surface area contributed by atoms with Gasteiger partial charge in [0.25, 0.3) is 5.89 Å². The van der Waals surface area contributed by atoms with E-state index in [9.17, 15) is 8.78 Å². The first kappa shape index (κ1) is 13.3. The third kappa shape index (κ3) is 2.48. The molecule has 3 rings (SSSR count). The van der Waals surface area contributed by atoms with Gasteiger partial charge in [-0.1, -0.05) is 5.16 Å². The van der Waals surface area contributed by atoms with E-state index in [2.05, 4.69) is 10.1 Å². The van der Waals surface area contributed by atoms with Gasteiger partial charge in [0.05, 0.1) is 17.9 Å². The number of hydrogen-bond acceptors (Lipinski definition) is 6. The van der Waals surface area contributed by atoms with Crippen LogP contribution in [0.1, 0.15) is 11.9 Å². The van der Waals surface area contributed by atoms with Crippen molar-refractivity contribution in [2.75, 3.05) is 23.8 Å². The van der Waals surface area contributed by atoms with Crippen LogP contribution in [0, 0.1) is 11.6 Å². The van der Waals surface area contributed by atoms with Crippen molar-refractivity contribution in [2.45, 2.75) is 6.10 Å². The molecule has 106 valence electrons. The SMILES string of the molecule is Nc1cc(-c2nc(C3CSCCO3)no2)c(F)cc1F. The Labute approximate surface area is 117 Å². The molecule has 5 nitrogen and oxygen atoms in total. The molecule has 0 amide bonds. The number of nitrogens with two attached hydrogens (primary N) is 1. The van der Waals surface area contributed by atoms with Gasteiger partial charge in [-0.25, -0.2) is 8.78 Å². The monoisotopic (exact) mass is 299 g/mol. The molecule has 0 spiro atoms. The molecule has 0 radical (unpaired) electrons. The average Bonchev–Trinajstić information content (AvgIpc) is 2.93. The number of anilines is 1. The van der Waals surface area contributed by atoms with Crippen LogP contribution >= 0.6 is 11.8 Å². The van der Waals surface area contributed by atoms with Gasteiger partial charge in [-0.15, -0.1) is 0 Å². The van der Waals surface area contributed by atoms with E-state index in [-0.39, 0.29) is 23.2 Å². The molecule has 1 fully saturated rings. The largest absolute Gasteiger partial charge is 0.396 e. The first-order valence-corrected chi connectivity index (χ1v) is 7.08. The number of thioether (sulfide) groups is 1.